The van der Waals surface area contributed by atoms with E-state index in [9.17, 15) is 0 Å². The van der Waals surface area contributed by atoms with E-state index in [-0.39, 0.29) is 0 Å². The van der Waals surface area contributed by atoms with E-state index in [1.54, 1.807) is 0 Å². The molecule has 1 rings (SSSR count). The van der Waals surface area contributed by atoms with Gasteiger partial charge in [-0.05, 0) is 31.4 Å². The molecule has 0 spiro atoms. The SMILES string of the molecule is NC(=S)CCCCOCCOc1ccccc1. The molecule has 0 atom stereocenters. The molecule has 0 saturated carbocycles. The van der Waals surface area contributed by atoms with Crippen molar-refractivity contribution in [1.82, 2.24) is 0 Å². The molecule has 4 heteroatoms. The summed E-state index contributed by atoms with van der Waals surface area (Å²) in [5.74, 6) is 0.879. The smallest absolute Gasteiger partial charge is 0.119 e. The van der Waals surface area contributed by atoms with Gasteiger partial charge in [0.2, 0.25) is 0 Å². The Morgan fingerprint density at radius 1 is 1.06 bits per heavy atom. The Hall–Kier alpha value is -1.13. The van der Waals surface area contributed by atoms with Crippen molar-refractivity contribution in [3.05, 3.63) is 30.3 Å². The zero-order valence-corrected chi connectivity index (χ0v) is 10.7. The van der Waals surface area contributed by atoms with Crippen LogP contribution in [0.2, 0.25) is 0 Å². The maximum absolute atomic E-state index is 5.48. The van der Waals surface area contributed by atoms with Crippen LogP contribution in [0.15, 0.2) is 30.3 Å². The number of para-hydroxylation sites is 1. The van der Waals surface area contributed by atoms with E-state index < -0.39 is 0 Å². The van der Waals surface area contributed by atoms with E-state index in [1.165, 1.54) is 0 Å². The Bertz CT molecular complexity index is 316. The van der Waals surface area contributed by atoms with Crippen LogP contribution < -0.4 is 10.5 Å². The topological polar surface area (TPSA) is 44.5 Å². The molecular formula is C13H19NO2S. The lowest BCUT2D eigenvalue weighted by Crippen LogP contribution is -2.09. The monoisotopic (exact) mass is 253 g/mol. The summed E-state index contributed by atoms with van der Waals surface area (Å²) in [5, 5.41) is 0. The van der Waals surface area contributed by atoms with Gasteiger partial charge in [0.05, 0.1) is 11.6 Å². The summed E-state index contributed by atoms with van der Waals surface area (Å²) in [5.41, 5.74) is 5.39. The maximum atomic E-state index is 5.48. The predicted octanol–water partition coefficient (Wildman–Crippen LogP) is 2.54. The number of hydrogen-bond donors (Lipinski definition) is 1. The molecule has 0 aromatic heterocycles. The zero-order valence-electron chi connectivity index (χ0n) is 9.93. The van der Waals surface area contributed by atoms with Gasteiger partial charge >= 0.3 is 0 Å². The van der Waals surface area contributed by atoms with Crippen LogP contribution in [0.5, 0.6) is 5.75 Å². The van der Waals surface area contributed by atoms with Crippen LogP contribution in [0, 0.1) is 0 Å². The van der Waals surface area contributed by atoms with E-state index >= 15 is 0 Å². The van der Waals surface area contributed by atoms with Gasteiger partial charge in [0.1, 0.15) is 12.4 Å². The van der Waals surface area contributed by atoms with Gasteiger partial charge < -0.3 is 15.2 Å². The number of thiocarbonyl (C=S) groups is 1. The molecule has 1 aromatic carbocycles. The van der Waals surface area contributed by atoms with Gasteiger partial charge in [-0.3, -0.25) is 0 Å². The highest BCUT2D eigenvalue weighted by molar-refractivity contribution is 7.80. The molecular weight excluding hydrogens is 234 g/mol. The first-order valence-corrected chi connectivity index (χ1v) is 6.24. The molecule has 94 valence electrons. The summed E-state index contributed by atoms with van der Waals surface area (Å²) in [4.78, 5) is 0.581. The van der Waals surface area contributed by atoms with Crippen LogP contribution >= 0.6 is 12.2 Å². The number of ether oxygens (including phenoxy) is 2. The Labute approximate surface area is 108 Å². The number of unbranched alkanes of at least 4 members (excludes halogenated alkanes) is 1. The summed E-state index contributed by atoms with van der Waals surface area (Å²) >= 11 is 4.79. The second-order valence-electron chi connectivity index (χ2n) is 3.70. The summed E-state index contributed by atoms with van der Waals surface area (Å²) in [6.07, 6.45) is 2.79. The van der Waals surface area contributed by atoms with E-state index in [1.807, 2.05) is 30.3 Å². The van der Waals surface area contributed by atoms with E-state index in [4.69, 9.17) is 27.4 Å². The fourth-order valence-electron chi connectivity index (χ4n) is 1.34. The van der Waals surface area contributed by atoms with Crippen molar-refractivity contribution in [1.29, 1.82) is 0 Å². The van der Waals surface area contributed by atoms with Crippen LogP contribution in [0.3, 0.4) is 0 Å². The van der Waals surface area contributed by atoms with Crippen molar-refractivity contribution in [2.75, 3.05) is 19.8 Å². The molecule has 0 unspecified atom stereocenters. The first kappa shape index (κ1) is 13.9. The lowest BCUT2D eigenvalue weighted by Gasteiger charge is -2.06. The third-order valence-electron chi connectivity index (χ3n) is 2.20. The molecule has 17 heavy (non-hydrogen) atoms. The predicted molar refractivity (Wildman–Crippen MR) is 73.4 cm³/mol. The number of hydrogen-bond acceptors (Lipinski definition) is 3. The molecule has 0 amide bonds. The molecule has 1 aromatic rings. The van der Waals surface area contributed by atoms with Gasteiger partial charge in [0.25, 0.3) is 0 Å². The van der Waals surface area contributed by atoms with Crippen LogP contribution in [0.4, 0.5) is 0 Å². The van der Waals surface area contributed by atoms with Gasteiger partial charge in [0.15, 0.2) is 0 Å². The summed E-state index contributed by atoms with van der Waals surface area (Å²) < 4.78 is 10.9. The summed E-state index contributed by atoms with van der Waals surface area (Å²) in [6.45, 7) is 1.93. The quantitative estimate of drug-likeness (QED) is 0.542. The second-order valence-corrected chi connectivity index (χ2v) is 4.22. The lowest BCUT2D eigenvalue weighted by molar-refractivity contribution is 0.0977. The van der Waals surface area contributed by atoms with Crippen LogP contribution in [-0.4, -0.2) is 24.8 Å². The third kappa shape index (κ3) is 7.71. The standard InChI is InChI=1S/C13H19NO2S/c14-13(17)8-4-5-9-15-10-11-16-12-6-2-1-3-7-12/h1-3,6-7H,4-5,8-11H2,(H2,14,17). The summed E-state index contributed by atoms with van der Waals surface area (Å²) in [7, 11) is 0. The Morgan fingerprint density at radius 3 is 2.53 bits per heavy atom. The minimum absolute atomic E-state index is 0.581. The van der Waals surface area contributed by atoms with Crippen LogP contribution in [0.1, 0.15) is 19.3 Å². The average Bonchev–Trinajstić information content (AvgIpc) is 2.33. The second kappa shape index (κ2) is 8.96. The molecule has 0 aliphatic rings. The van der Waals surface area contributed by atoms with Crippen molar-refractivity contribution >= 4 is 17.2 Å². The number of benzene rings is 1. The molecule has 0 aliphatic heterocycles. The minimum atomic E-state index is 0.581. The summed E-state index contributed by atoms with van der Waals surface area (Å²) in [6, 6.07) is 9.73. The molecule has 0 fully saturated rings. The molecule has 0 bridgehead atoms. The van der Waals surface area contributed by atoms with E-state index in [2.05, 4.69) is 0 Å². The average molecular weight is 253 g/mol. The first-order valence-electron chi connectivity index (χ1n) is 5.83. The van der Waals surface area contributed by atoms with Crippen molar-refractivity contribution in [2.24, 2.45) is 5.73 Å². The molecule has 3 nitrogen and oxygen atoms in total. The normalized spacial score (nSPS) is 10.1. The highest BCUT2D eigenvalue weighted by Gasteiger charge is 1.94. The lowest BCUT2D eigenvalue weighted by atomic mass is 10.2. The number of rotatable bonds is 9. The highest BCUT2D eigenvalue weighted by atomic mass is 32.1. The number of nitrogens with two attached hydrogens (primary N) is 1. The Balaban J connectivity index is 1.90. The fraction of sp³-hybridized carbons (Fsp3) is 0.462. The fourth-order valence-corrected chi connectivity index (χ4v) is 1.48. The van der Waals surface area contributed by atoms with Crippen LogP contribution in [-0.2, 0) is 4.74 Å². The van der Waals surface area contributed by atoms with Crippen molar-refractivity contribution in [3.63, 3.8) is 0 Å². The first-order chi connectivity index (χ1) is 8.29. The van der Waals surface area contributed by atoms with E-state index in [0.29, 0.717) is 18.2 Å². The van der Waals surface area contributed by atoms with E-state index in [0.717, 1.165) is 31.6 Å². The molecule has 0 aliphatic carbocycles. The molecule has 0 heterocycles. The molecule has 0 saturated heterocycles. The van der Waals surface area contributed by atoms with Gasteiger partial charge in [-0.2, -0.15) is 0 Å². The zero-order chi connectivity index (χ0) is 12.3. The van der Waals surface area contributed by atoms with Crippen molar-refractivity contribution < 1.29 is 9.47 Å². The maximum Gasteiger partial charge on any atom is 0.119 e. The molecule has 0 radical (unpaired) electrons. The van der Waals surface area contributed by atoms with Crippen molar-refractivity contribution in [2.45, 2.75) is 19.3 Å². The largest absolute Gasteiger partial charge is 0.491 e. The van der Waals surface area contributed by atoms with Gasteiger partial charge in [-0.25, -0.2) is 0 Å². The van der Waals surface area contributed by atoms with Gasteiger partial charge in [-0.1, -0.05) is 30.4 Å². The Morgan fingerprint density at radius 2 is 1.82 bits per heavy atom. The highest BCUT2D eigenvalue weighted by Crippen LogP contribution is 2.07. The van der Waals surface area contributed by atoms with Crippen molar-refractivity contribution in [3.8, 4) is 5.75 Å². The molecule has 2 N–H and O–H groups in total. The minimum Gasteiger partial charge on any atom is -0.491 e. The van der Waals surface area contributed by atoms with Gasteiger partial charge in [0, 0.05) is 6.61 Å². The Kier molecular flexibility index (Phi) is 7.34. The van der Waals surface area contributed by atoms with Gasteiger partial charge in [-0.15, -0.1) is 0 Å². The third-order valence-corrected chi connectivity index (χ3v) is 2.41. The van der Waals surface area contributed by atoms with Crippen LogP contribution in [0.25, 0.3) is 0 Å².